The number of hydrogen-bond donors (Lipinski definition) is 2. The molecule has 0 radical (unpaired) electrons. The van der Waals surface area contributed by atoms with Gasteiger partial charge in [-0.15, -0.1) is 0 Å². The fraction of sp³-hybridized carbons (Fsp3) is 0.333. The summed E-state index contributed by atoms with van der Waals surface area (Å²) >= 11 is 0. The van der Waals surface area contributed by atoms with Gasteiger partial charge in [-0.3, -0.25) is 9.48 Å². The van der Waals surface area contributed by atoms with Crippen LogP contribution < -0.4 is 5.32 Å². The van der Waals surface area contributed by atoms with Crippen molar-refractivity contribution in [2.75, 3.05) is 6.61 Å². The third-order valence-corrected chi connectivity index (χ3v) is 3.43. The second kappa shape index (κ2) is 5.88. The van der Waals surface area contributed by atoms with Crippen molar-refractivity contribution in [3.05, 3.63) is 52.8 Å². The Morgan fingerprint density at radius 3 is 2.50 bits per heavy atom. The summed E-state index contributed by atoms with van der Waals surface area (Å²) < 4.78 is 1.68. The highest BCUT2D eigenvalue weighted by atomic mass is 16.3. The Kier molecular flexibility index (Phi) is 4.20. The summed E-state index contributed by atoms with van der Waals surface area (Å²) in [6.45, 7) is 3.51. The molecule has 1 heterocycles. The van der Waals surface area contributed by atoms with Crippen LogP contribution in [0.1, 0.15) is 33.4 Å². The maximum atomic E-state index is 12.4. The van der Waals surface area contributed by atoms with E-state index in [1.165, 1.54) is 0 Å². The van der Waals surface area contributed by atoms with Gasteiger partial charge in [0.2, 0.25) is 0 Å². The fourth-order valence-corrected chi connectivity index (χ4v) is 2.25. The van der Waals surface area contributed by atoms with Crippen molar-refractivity contribution < 1.29 is 9.90 Å². The number of carbonyl (C=O) groups excluding carboxylic acids is 1. The first kappa shape index (κ1) is 14.3. The summed E-state index contributed by atoms with van der Waals surface area (Å²) in [4.78, 5) is 12.4. The van der Waals surface area contributed by atoms with E-state index in [9.17, 15) is 9.90 Å². The van der Waals surface area contributed by atoms with Gasteiger partial charge in [0.15, 0.2) is 0 Å². The molecule has 0 aliphatic carbocycles. The van der Waals surface area contributed by atoms with Gasteiger partial charge in [-0.2, -0.15) is 5.10 Å². The second-order valence-electron chi connectivity index (χ2n) is 4.79. The Morgan fingerprint density at radius 2 is 2.00 bits per heavy atom. The molecule has 0 unspecified atom stereocenters. The molecule has 0 bridgehead atoms. The van der Waals surface area contributed by atoms with Crippen molar-refractivity contribution in [1.82, 2.24) is 15.1 Å². The van der Waals surface area contributed by atoms with Gasteiger partial charge in [-0.05, 0) is 19.4 Å². The first-order valence-electron chi connectivity index (χ1n) is 6.51. The number of aliphatic hydroxyl groups is 1. The number of nitrogens with zero attached hydrogens (tertiary/aromatic N) is 2. The third-order valence-electron chi connectivity index (χ3n) is 3.43. The van der Waals surface area contributed by atoms with Crippen LogP contribution in [-0.4, -0.2) is 27.4 Å². The van der Waals surface area contributed by atoms with Gasteiger partial charge in [-0.1, -0.05) is 30.3 Å². The van der Waals surface area contributed by atoms with Crippen LogP contribution in [0.3, 0.4) is 0 Å². The predicted molar refractivity (Wildman–Crippen MR) is 76.4 cm³/mol. The van der Waals surface area contributed by atoms with Gasteiger partial charge in [0.25, 0.3) is 5.91 Å². The quantitative estimate of drug-likeness (QED) is 0.887. The van der Waals surface area contributed by atoms with Crippen LogP contribution >= 0.6 is 0 Å². The fourth-order valence-electron chi connectivity index (χ4n) is 2.25. The standard InChI is InChI=1S/C15H19N3O2/c1-10-14(11(2)18(3)17-10)15(20)16-13(9-19)12-7-5-4-6-8-12/h4-8,13,19H,9H2,1-3H3,(H,16,20)/t13-/m0/s1. The molecule has 5 nitrogen and oxygen atoms in total. The van der Waals surface area contributed by atoms with E-state index in [0.29, 0.717) is 11.3 Å². The average Bonchev–Trinajstić information content (AvgIpc) is 2.70. The maximum Gasteiger partial charge on any atom is 0.255 e. The average molecular weight is 273 g/mol. The minimum absolute atomic E-state index is 0.145. The highest BCUT2D eigenvalue weighted by Gasteiger charge is 2.20. The molecule has 0 saturated carbocycles. The first-order chi connectivity index (χ1) is 9.54. The lowest BCUT2D eigenvalue weighted by Gasteiger charge is -2.16. The predicted octanol–water partition coefficient (Wildman–Crippen LogP) is 1.50. The van der Waals surface area contributed by atoms with E-state index in [4.69, 9.17) is 0 Å². The summed E-state index contributed by atoms with van der Waals surface area (Å²) in [5.41, 5.74) is 2.95. The molecule has 20 heavy (non-hydrogen) atoms. The zero-order valence-corrected chi connectivity index (χ0v) is 11.9. The van der Waals surface area contributed by atoms with Gasteiger partial charge in [0.1, 0.15) is 0 Å². The van der Waals surface area contributed by atoms with Crippen LogP contribution in [0.15, 0.2) is 30.3 Å². The number of rotatable bonds is 4. The molecule has 106 valence electrons. The Morgan fingerprint density at radius 1 is 1.35 bits per heavy atom. The summed E-state index contributed by atoms with van der Waals surface area (Å²) in [6, 6.07) is 9.00. The summed E-state index contributed by atoms with van der Waals surface area (Å²) in [7, 11) is 1.81. The van der Waals surface area contributed by atoms with Crippen LogP contribution in [0.2, 0.25) is 0 Å². The zero-order valence-electron chi connectivity index (χ0n) is 11.9. The van der Waals surface area contributed by atoms with Crippen LogP contribution in [-0.2, 0) is 7.05 Å². The van der Waals surface area contributed by atoms with Crippen LogP contribution in [0.5, 0.6) is 0 Å². The van der Waals surface area contributed by atoms with Crippen molar-refractivity contribution >= 4 is 5.91 Å². The Hall–Kier alpha value is -2.14. The monoisotopic (exact) mass is 273 g/mol. The Balaban J connectivity index is 2.22. The van der Waals surface area contributed by atoms with E-state index < -0.39 is 6.04 Å². The van der Waals surface area contributed by atoms with E-state index in [1.807, 2.05) is 37.3 Å². The lowest BCUT2D eigenvalue weighted by molar-refractivity contribution is 0.0915. The number of aryl methyl sites for hydroxylation is 2. The van der Waals surface area contributed by atoms with Crippen molar-refractivity contribution in [3.63, 3.8) is 0 Å². The van der Waals surface area contributed by atoms with E-state index in [0.717, 1.165) is 11.3 Å². The summed E-state index contributed by atoms with van der Waals surface area (Å²) in [5.74, 6) is -0.212. The molecule has 2 rings (SSSR count). The number of benzene rings is 1. The zero-order chi connectivity index (χ0) is 14.7. The lowest BCUT2D eigenvalue weighted by atomic mass is 10.1. The molecule has 1 aromatic heterocycles. The molecule has 2 aromatic rings. The molecule has 1 amide bonds. The van der Waals surface area contributed by atoms with Crippen LogP contribution in [0, 0.1) is 13.8 Å². The number of hydrogen-bond acceptors (Lipinski definition) is 3. The minimum Gasteiger partial charge on any atom is -0.394 e. The summed E-state index contributed by atoms with van der Waals surface area (Å²) in [6.07, 6.45) is 0. The minimum atomic E-state index is -0.414. The van der Waals surface area contributed by atoms with Crippen LogP contribution in [0.25, 0.3) is 0 Å². The molecule has 1 atom stereocenters. The van der Waals surface area contributed by atoms with Gasteiger partial charge in [0, 0.05) is 12.7 Å². The number of aliphatic hydroxyl groups excluding tert-OH is 1. The lowest BCUT2D eigenvalue weighted by Crippen LogP contribution is -2.31. The topological polar surface area (TPSA) is 67.2 Å². The molecule has 0 aliphatic heterocycles. The highest BCUT2D eigenvalue weighted by Crippen LogP contribution is 2.16. The molecule has 5 heteroatoms. The number of amides is 1. The second-order valence-corrected chi connectivity index (χ2v) is 4.79. The van der Waals surface area contributed by atoms with Gasteiger partial charge in [0.05, 0.1) is 23.9 Å². The number of aromatic nitrogens is 2. The Bertz CT molecular complexity index is 605. The van der Waals surface area contributed by atoms with Crippen molar-refractivity contribution in [1.29, 1.82) is 0 Å². The van der Waals surface area contributed by atoms with Crippen LogP contribution in [0.4, 0.5) is 0 Å². The van der Waals surface area contributed by atoms with E-state index in [-0.39, 0.29) is 12.5 Å². The largest absolute Gasteiger partial charge is 0.394 e. The Labute approximate surface area is 118 Å². The van der Waals surface area contributed by atoms with E-state index >= 15 is 0 Å². The maximum absolute atomic E-state index is 12.4. The van der Waals surface area contributed by atoms with Crippen molar-refractivity contribution in [3.8, 4) is 0 Å². The molecule has 1 aromatic carbocycles. The van der Waals surface area contributed by atoms with Gasteiger partial charge < -0.3 is 10.4 Å². The first-order valence-corrected chi connectivity index (χ1v) is 6.51. The summed E-state index contributed by atoms with van der Waals surface area (Å²) in [5, 5.41) is 16.6. The van der Waals surface area contributed by atoms with Gasteiger partial charge >= 0.3 is 0 Å². The van der Waals surface area contributed by atoms with Crippen molar-refractivity contribution in [2.24, 2.45) is 7.05 Å². The normalized spacial score (nSPS) is 12.2. The van der Waals surface area contributed by atoms with E-state index in [2.05, 4.69) is 10.4 Å². The highest BCUT2D eigenvalue weighted by molar-refractivity contribution is 5.96. The molecular weight excluding hydrogens is 254 g/mol. The SMILES string of the molecule is Cc1nn(C)c(C)c1C(=O)N[C@@H](CO)c1ccccc1. The third kappa shape index (κ3) is 2.72. The van der Waals surface area contributed by atoms with Crippen molar-refractivity contribution in [2.45, 2.75) is 19.9 Å². The van der Waals surface area contributed by atoms with Gasteiger partial charge in [-0.25, -0.2) is 0 Å². The molecule has 2 N–H and O–H groups in total. The van der Waals surface area contributed by atoms with E-state index in [1.54, 1.807) is 18.7 Å². The molecule has 0 saturated heterocycles. The molecular formula is C15H19N3O2. The molecule has 0 fully saturated rings. The molecule has 0 spiro atoms. The number of carbonyl (C=O) groups is 1. The smallest absolute Gasteiger partial charge is 0.255 e. The molecule has 0 aliphatic rings. The number of nitrogens with one attached hydrogen (secondary N) is 1.